The molecule has 114 valence electrons. The maximum atomic E-state index is 10.3. The fraction of sp³-hybridized carbons (Fsp3) is 0.429. The SMILES string of the molecule is O.O.O=C(O)CC(O)(CC(=O)O)C(=O)O.O=C(O)O. The first-order valence-electron chi connectivity index (χ1n) is 3.82. The Hall–Kier alpha value is -2.44. The highest BCUT2D eigenvalue weighted by molar-refractivity contribution is 5.88. The topological polar surface area (TPSA) is 253 Å². The van der Waals surface area contributed by atoms with Crippen molar-refractivity contribution in [3.05, 3.63) is 0 Å². The summed E-state index contributed by atoms with van der Waals surface area (Å²) >= 11 is 0. The van der Waals surface area contributed by atoms with Crippen LogP contribution in [0.4, 0.5) is 4.79 Å². The molecular formula is C7H14O12. The molecule has 0 aliphatic carbocycles. The minimum absolute atomic E-state index is 0. The Labute approximate surface area is 104 Å². The van der Waals surface area contributed by atoms with Crippen LogP contribution in [0, 0.1) is 0 Å². The average Bonchev–Trinajstić information content (AvgIpc) is 1.98. The predicted molar refractivity (Wildman–Crippen MR) is 55.0 cm³/mol. The maximum Gasteiger partial charge on any atom is 0.503 e. The van der Waals surface area contributed by atoms with Crippen molar-refractivity contribution in [3.63, 3.8) is 0 Å². The van der Waals surface area contributed by atoms with Crippen LogP contribution in [-0.2, 0) is 14.4 Å². The van der Waals surface area contributed by atoms with Crippen LogP contribution in [0.25, 0.3) is 0 Å². The summed E-state index contributed by atoms with van der Waals surface area (Å²) in [6, 6.07) is 0. The van der Waals surface area contributed by atoms with Gasteiger partial charge >= 0.3 is 24.1 Å². The average molecular weight is 290 g/mol. The van der Waals surface area contributed by atoms with Gasteiger partial charge in [-0.2, -0.15) is 0 Å². The van der Waals surface area contributed by atoms with Crippen molar-refractivity contribution >= 4 is 24.1 Å². The molecule has 0 aromatic heterocycles. The van der Waals surface area contributed by atoms with Crippen molar-refractivity contribution in [1.82, 2.24) is 0 Å². The molecule has 10 N–H and O–H groups in total. The third-order valence-electron chi connectivity index (χ3n) is 1.29. The molecule has 19 heavy (non-hydrogen) atoms. The molecule has 0 aliphatic heterocycles. The van der Waals surface area contributed by atoms with Crippen molar-refractivity contribution in [3.8, 4) is 0 Å². The van der Waals surface area contributed by atoms with Gasteiger partial charge in [0.2, 0.25) is 0 Å². The van der Waals surface area contributed by atoms with Gasteiger partial charge in [0, 0.05) is 0 Å². The van der Waals surface area contributed by atoms with Crippen LogP contribution in [0.3, 0.4) is 0 Å². The zero-order valence-electron chi connectivity index (χ0n) is 9.23. The highest BCUT2D eigenvalue weighted by atomic mass is 16.6. The molecule has 0 saturated carbocycles. The smallest absolute Gasteiger partial charge is 0.481 e. The van der Waals surface area contributed by atoms with Gasteiger partial charge in [-0.3, -0.25) is 9.59 Å². The molecule has 0 aromatic carbocycles. The van der Waals surface area contributed by atoms with Gasteiger partial charge in [-0.05, 0) is 0 Å². The van der Waals surface area contributed by atoms with Crippen LogP contribution in [0.2, 0.25) is 0 Å². The Bertz CT molecular complexity index is 300. The van der Waals surface area contributed by atoms with E-state index in [0.717, 1.165) is 0 Å². The maximum absolute atomic E-state index is 10.3. The van der Waals surface area contributed by atoms with Gasteiger partial charge in [0.15, 0.2) is 5.60 Å². The van der Waals surface area contributed by atoms with Crippen molar-refractivity contribution in [2.75, 3.05) is 0 Å². The Balaban J connectivity index is -0.000000165. The largest absolute Gasteiger partial charge is 0.503 e. The molecular weight excluding hydrogens is 276 g/mol. The lowest BCUT2D eigenvalue weighted by atomic mass is 9.96. The number of carboxylic acids is 3. The van der Waals surface area contributed by atoms with E-state index >= 15 is 0 Å². The Morgan fingerprint density at radius 2 is 0.947 bits per heavy atom. The quantitative estimate of drug-likeness (QED) is 0.305. The summed E-state index contributed by atoms with van der Waals surface area (Å²) in [5.74, 6) is -5.02. The van der Waals surface area contributed by atoms with E-state index in [9.17, 15) is 14.4 Å². The normalized spacial score (nSPS) is 8.68. The van der Waals surface area contributed by atoms with Gasteiger partial charge in [0.1, 0.15) is 0 Å². The lowest BCUT2D eigenvalue weighted by Crippen LogP contribution is -2.42. The summed E-state index contributed by atoms with van der Waals surface area (Å²) in [7, 11) is 0. The highest BCUT2D eigenvalue weighted by Crippen LogP contribution is 2.15. The minimum Gasteiger partial charge on any atom is -0.481 e. The molecule has 0 aromatic rings. The van der Waals surface area contributed by atoms with E-state index in [-0.39, 0.29) is 11.0 Å². The molecule has 0 amide bonds. The number of rotatable bonds is 5. The second-order valence-corrected chi connectivity index (χ2v) is 2.76. The minimum atomic E-state index is -2.74. The zero-order valence-corrected chi connectivity index (χ0v) is 9.23. The summed E-state index contributed by atoms with van der Waals surface area (Å²) in [6.45, 7) is 0. The van der Waals surface area contributed by atoms with Crippen LogP contribution in [0.15, 0.2) is 0 Å². The fourth-order valence-corrected chi connectivity index (χ4v) is 0.714. The summed E-state index contributed by atoms with van der Waals surface area (Å²) in [5.41, 5.74) is -2.74. The van der Waals surface area contributed by atoms with Gasteiger partial charge < -0.3 is 41.6 Å². The number of hydrogen-bond acceptors (Lipinski definition) is 5. The number of hydrogen-bond donors (Lipinski definition) is 6. The molecule has 0 atom stereocenters. The van der Waals surface area contributed by atoms with Crippen molar-refractivity contribution in [2.45, 2.75) is 18.4 Å². The van der Waals surface area contributed by atoms with Crippen LogP contribution in [0.5, 0.6) is 0 Å². The molecule has 0 unspecified atom stereocenters. The van der Waals surface area contributed by atoms with Gasteiger partial charge in [0.25, 0.3) is 0 Å². The molecule has 0 spiro atoms. The van der Waals surface area contributed by atoms with E-state index in [2.05, 4.69) is 0 Å². The fourth-order valence-electron chi connectivity index (χ4n) is 0.714. The van der Waals surface area contributed by atoms with Crippen LogP contribution < -0.4 is 0 Å². The molecule has 12 heteroatoms. The first-order valence-corrected chi connectivity index (χ1v) is 3.82. The molecule has 0 aliphatic rings. The number of aliphatic hydroxyl groups is 1. The second kappa shape index (κ2) is 10.7. The van der Waals surface area contributed by atoms with Crippen molar-refractivity contribution < 1.29 is 60.8 Å². The standard InChI is InChI=1S/C6H8O7.CH2O3.2H2O/c7-3(8)1-6(13,5(11)12)2-4(9)10;2-1(3)4;;/h13H,1-2H2,(H,7,8)(H,9,10)(H,11,12);(H2,2,3,4);2*1H2. The molecule has 0 rings (SSSR count). The second-order valence-electron chi connectivity index (χ2n) is 2.76. The lowest BCUT2D eigenvalue weighted by molar-refractivity contribution is -0.170. The summed E-state index contributed by atoms with van der Waals surface area (Å²) in [6.07, 6.45) is -4.12. The van der Waals surface area contributed by atoms with E-state index in [0.29, 0.717) is 0 Å². The summed E-state index contributed by atoms with van der Waals surface area (Å²) < 4.78 is 0. The zero-order chi connectivity index (χ0) is 14.2. The van der Waals surface area contributed by atoms with Gasteiger partial charge in [-0.25, -0.2) is 9.59 Å². The summed E-state index contributed by atoms with van der Waals surface area (Å²) in [5, 5.41) is 47.8. The van der Waals surface area contributed by atoms with E-state index in [4.69, 9.17) is 35.4 Å². The molecule has 0 saturated heterocycles. The first-order chi connectivity index (χ1) is 7.51. The Morgan fingerprint density at radius 3 is 1.05 bits per heavy atom. The number of carboxylic acid groups (broad SMARTS) is 5. The lowest BCUT2D eigenvalue weighted by Gasteiger charge is -2.18. The van der Waals surface area contributed by atoms with Crippen molar-refractivity contribution in [2.24, 2.45) is 0 Å². The van der Waals surface area contributed by atoms with E-state index in [1.807, 2.05) is 0 Å². The number of carbonyl (C=O) groups is 4. The first kappa shape index (κ1) is 25.4. The molecule has 0 radical (unpaired) electrons. The molecule has 0 bridgehead atoms. The van der Waals surface area contributed by atoms with Crippen molar-refractivity contribution in [1.29, 1.82) is 0 Å². The third-order valence-corrected chi connectivity index (χ3v) is 1.29. The molecule has 0 fully saturated rings. The van der Waals surface area contributed by atoms with Gasteiger partial charge in [-0.15, -0.1) is 0 Å². The predicted octanol–water partition coefficient (Wildman–Crippen LogP) is -2.68. The van der Waals surface area contributed by atoms with E-state index < -0.39 is 42.5 Å². The van der Waals surface area contributed by atoms with Crippen LogP contribution in [-0.4, -0.2) is 71.3 Å². The van der Waals surface area contributed by atoms with Gasteiger partial charge in [-0.1, -0.05) is 0 Å². The Kier molecular flexibility index (Phi) is 14.3. The molecule has 12 nitrogen and oxygen atoms in total. The van der Waals surface area contributed by atoms with Gasteiger partial charge in [0.05, 0.1) is 12.8 Å². The monoisotopic (exact) mass is 290 g/mol. The van der Waals surface area contributed by atoms with E-state index in [1.165, 1.54) is 0 Å². The highest BCUT2D eigenvalue weighted by Gasteiger charge is 2.40. The van der Waals surface area contributed by atoms with Crippen LogP contribution in [0.1, 0.15) is 12.8 Å². The van der Waals surface area contributed by atoms with E-state index in [1.54, 1.807) is 0 Å². The third kappa shape index (κ3) is 15.6. The molecule has 0 heterocycles. The Morgan fingerprint density at radius 1 is 0.737 bits per heavy atom. The summed E-state index contributed by atoms with van der Waals surface area (Å²) in [4.78, 5) is 39.0. The van der Waals surface area contributed by atoms with Crippen LogP contribution >= 0.6 is 0 Å². The number of aliphatic carboxylic acids is 3.